The molecule has 7 heteroatoms. The first-order valence-corrected chi connectivity index (χ1v) is 8.89. The van der Waals surface area contributed by atoms with E-state index in [1.165, 1.54) is 13.2 Å². The first-order chi connectivity index (χ1) is 10.3. The van der Waals surface area contributed by atoms with Gasteiger partial charge in [-0.3, -0.25) is 4.72 Å². The molecule has 0 aliphatic heterocycles. The molecule has 0 saturated heterocycles. The molecule has 0 aliphatic rings. The second-order valence-corrected chi connectivity index (χ2v) is 7.55. The van der Waals surface area contributed by atoms with Gasteiger partial charge in [-0.2, -0.15) is 0 Å². The lowest BCUT2D eigenvalue weighted by atomic mass is 10.1. The van der Waals surface area contributed by atoms with Crippen LogP contribution in [-0.4, -0.2) is 21.5 Å². The minimum atomic E-state index is -3.85. The molecular formula is C15H17NO4S2. The number of carbonyl (C=O) groups is 1. The number of benzene rings is 1. The quantitative estimate of drug-likeness (QED) is 0.868. The van der Waals surface area contributed by atoms with Crippen molar-refractivity contribution in [2.24, 2.45) is 0 Å². The lowest BCUT2D eigenvalue weighted by Crippen LogP contribution is -2.17. The molecule has 1 aromatic heterocycles. The molecule has 2 rings (SSSR count). The highest BCUT2D eigenvalue weighted by atomic mass is 32.2. The Hall–Kier alpha value is -1.86. The summed E-state index contributed by atoms with van der Waals surface area (Å²) in [7, 11) is -2.63. The second-order valence-electron chi connectivity index (χ2n) is 4.98. The smallest absolute Gasteiger partial charge is 0.349 e. The first-order valence-electron chi connectivity index (χ1n) is 6.52. The predicted molar refractivity (Wildman–Crippen MR) is 87.1 cm³/mol. The van der Waals surface area contributed by atoms with Crippen LogP contribution >= 0.6 is 11.3 Å². The van der Waals surface area contributed by atoms with Gasteiger partial charge >= 0.3 is 5.97 Å². The second kappa shape index (κ2) is 6.10. The summed E-state index contributed by atoms with van der Waals surface area (Å²) in [6.07, 6.45) is 0. The van der Waals surface area contributed by atoms with Crippen LogP contribution in [0.2, 0.25) is 0 Å². The Morgan fingerprint density at radius 2 is 1.77 bits per heavy atom. The Morgan fingerprint density at radius 3 is 2.32 bits per heavy atom. The van der Waals surface area contributed by atoms with Crippen LogP contribution in [-0.2, 0) is 14.8 Å². The number of esters is 1. The highest BCUT2D eigenvalue weighted by Gasteiger charge is 2.25. The Bertz CT molecular complexity index is 799. The summed E-state index contributed by atoms with van der Waals surface area (Å²) < 4.78 is 32.4. The molecular weight excluding hydrogens is 322 g/mol. The van der Waals surface area contributed by atoms with Crippen molar-refractivity contribution in [2.75, 3.05) is 11.8 Å². The van der Waals surface area contributed by atoms with Crippen molar-refractivity contribution in [3.05, 3.63) is 45.1 Å². The molecule has 2 aromatic rings. The molecule has 0 amide bonds. The number of thiophene rings is 1. The third kappa shape index (κ3) is 3.15. The van der Waals surface area contributed by atoms with Crippen LogP contribution in [0.4, 0.5) is 5.69 Å². The standard InChI is InChI=1S/C15H17NO4S2/c1-9-7-10(2)13(11(3)8-9)16-22(18,19)12-5-6-21-14(12)15(17)20-4/h5-8,16H,1-4H3. The maximum atomic E-state index is 12.6. The van der Waals surface area contributed by atoms with E-state index in [1.807, 2.05) is 32.9 Å². The summed E-state index contributed by atoms with van der Waals surface area (Å²) >= 11 is 1.04. The first kappa shape index (κ1) is 16.5. The van der Waals surface area contributed by atoms with Gasteiger partial charge < -0.3 is 4.74 Å². The number of hydrogen-bond acceptors (Lipinski definition) is 5. The summed E-state index contributed by atoms with van der Waals surface area (Å²) in [5.41, 5.74) is 3.25. The van der Waals surface area contributed by atoms with Gasteiger partial charge in [0.2, 0.25) is 0 Å². The SMILES string of the molecule is COC(=O)c1sccc1S(=O)(=O)Nc1c(C)cc(C)cc1C. The summed E-state index contributed by atoms with van der Waals surface area (Å²) in [6.45, 7) is 5.63. The third-order valence-electron chi connectivity index (χ3n) is 3.20. The molecule has 5 nitrogen and oxygen atoms in total. The molecule has 1 N–H and O–H groups in total. The zero-order valence-electron chi connectivity index (χ0n) is 12.8. The predicted octanol–water partition coefficient (Wildman–Crippen LogP) is 3.26. The minimum Gasteiger partial charge on any atom is -0.465 e. The summed E-state index contributed by atoms with van der Waals surface area (Å²) in [5.74, 6) is -0.660. The van der Waals surface area contributed by atoms with Gasteiger partial charge in [0.1, 0.15) is 9.77 Å². The number of aryl methyl sites for hydroxylation is 3. The van der Waals surface area contributed by atoms with Crippen molar-refractivity contribution in [3.8, 4) is 0 Å². The Balaban J connectivity index is 2.46. The lowest BCUT2D eigenvalue weighted by molar-refractivity contribution is 0.0602. The molecule has 0 aliphatic carbocycles. The fraction of sp³-hybridized carbons (Fsp3) is 0.267. The molecule has 0 saturated carbocycles. The van der Waals surface area contributed by atoms with Crippen molar-refractivity contribution in [3.63, 3.8) is 0 Å². The number of anilines is 1. The summed E-state index contributed by atoms with van der Waals surface area (Å²) in [4.78, 5) is 11.7. The molecule has 1 heterocycles. The Labute approximate surface area is 134 Å². The Morgan fingerprint density at radius 1 is 1.18 bits per heavy atom. The fourth-order valence-corrected chi connectivity index (χ4v) is 4.82. The molecule has 0 fully saturated rings. The van der Waals surface area contributed by atoms with Crippen LogP contribution in [0.15, 0.2) is 28.5 Å². The maximum Gasteiger partial charge on any atom is 0.349 e. The number of sulfonamides is 1. The van der Waals surface area contributed by atoms with E-state index in [9.17, 15) is 13.2 Å². The normalized spacial score (nSPS) is 11.3. The van der Waals surface area contributed by atoms with E-state index in [0.29, 0.717) is 5.69 Å². The van der Waals surface area contributed by atoms with Crippen molar-refractivity contribution >= 4 is 33.0 Å². The van der Waals surface area contributed by atoms with Crippen molar-refractivity contribution in [1.82, 2.24) is 0 Å². The van der Waals surface area contributed by atoms with E-state index in [2.05, 4.69) is 9.46 Å². The number of nitrogens with one attached hydrogen (secondary N) is 1. The van der Waals surface area contributed by atoms with Crippen molar-refractivity contribution in [2.45, 2.75) is 25.7 Å². The molecule has 118 valence electrons. The zero-order chi connectivity index (χ0) is 16.5. The average molecular weight is 339 g/mol. The Kier molecular flexibility index (Phi) is 4.58. The van der Waals surface area contributed by atoms with Crippen LogP contribution in [0.25, 0.3) is 0 Å². The van der Waals surface area contributed by atoms with E-state index in [4.69, 9.17) is 0 Å². The molecule has 0 atom stereocenters. The summed E-state index contributed by atoms with van der Waals surface area (Å²) in [6, 6.07) is 5.21. The topological polar surface area (TPSA) is 72.5 Å². The number of carbonyl (C=O) groups excluding carboxylic acids is 1. The highest BCUT2D eigenvalue weighted by molar-refractivity contribution is 7.93. The average Bonchev–Trinajstić information content (AvgIpc) is 2.92. The van der Waals surface area contributed by atoms with E-state index >= 15 is 0 Å². The van der Waals surface area contributed by atoms with E-state index in [-0.39, 0.29) is 9.77 Å². The van der Waals surface area contributed by atoms with Gasteiger partial charge in [-0.15, -0.1) is 11.3 Å². The number of rotatable bonds is 4. The molecule has 0 unspecified atom stereocenters. The molecule has 0 radical (unpaired) electrons. The molecule has 0 spiro atoms. The minimum absolute atomic E-state index is 0.0660. The number of ether oxygens (including phenoxy) is 1. The number of hydrogen-bond donors (Lipinski definition) is 1. The van der Waals surface area contributed by atoms with Gasteiger partial charge in [-0.1, -0.05) is 17.7 Å². The van der Waals surface area contributed by atoms with Crippen molar-refractivity contribution < 1.29 is 17.9 Å². The van der Waals surface area contributed by atoms with Gasteiger partial charge in [0.05, 0.1) is 12.8 Å². The monoisotopic (exact) mass is 339 g/mol. The van der Waals surface area contributed by atoms with Crippen LogP contribution in [0.3, 0.4) is 0 Å². The van der Waals surface area contributed by atoms with Gasteiger partial charge in [0.25, 0.3) is 10.0 Å². The van der Waals surface area contributed by atoms with E-state index in [0.717, 1.165) is 28.0 Å². The van der Waals surface area contributed by atoms with Gasteiger partial charge in [0, 0.05) is 0 Å². The van der Waals surface area contributed by atoms with Crippen molar-refractivity contribution in [1.29, 1.82) is 0 Å². The fourth-order valence-electron chi connectivity index (χ4n) is 2.28. The van der Waals surface area contributed by atoms with Crippen LogP contribution in [0.5, 0.6) is 0 Å². The van der Waals surface area contributed by atoms with Gasteiger partial charge in [-0.25, -0.2) is 13.2 Å². The zero-order valence-corrected chi connectivity index (χ0v) is 14.4. The van der Waals surface area contributed by atoms with Crippen LogP contribution < -0.4 is 4.72 Å². The molecule has 1 aromatic carbocycles. The molecule has 0 bridgehead atoms. The number of methoxy groups -OCH3 is 1. The van der Waals surface area contributed by atoms with E-state index in [1.54, 1.807) is 5.38 Å². The van der Waals surface area contributed by atoms with Gasteiger partial charge in [0.15, 0.2) is 0 Å². The van der Waals surface area contributed by atoms with Gasteiger partial charge in [-0.05, 0) is 43.3 Å². The summed E-state index contributed by atoms with van der Waals surface area (Å²) in [5, 5.41) is 1.55. The van der Waals surface area contributed by atoms with E-state index < -0.39 is 16.0 Å². The van der Waals surface area contributed by atoms with Crippen LogP contribution in [0.1, 0.15) is 26.4 Å². The lowest BCUT2D eigenvalue weighted by Gasteiger charge is -2.14. The highest BCUT2D eigenvalue weighted by Crippen LogP contribution is 2.28. The maximum absolute atomic E-state index is 12.6. The third-order valence-corrected chi connectivity index (χ3v) is 5.62. The van der Waals surface area contributed by atoms with Crippen LogP contribution in [0, 0.1) is 20.8 Å². The largest absolute Gasteiger partial charge is 0.465 e. The molecule has 22 heavy (non-hydrogen) atoms.